The maximum Gasteiger partial charge on any atom is 0.223 e. The average molecular weight is 425 g/mol. The van der Waals surface area contributed by atoms with Crippen LogP contribution in [0.4, 0.5) is 5.69 Å². The molecule has 2 aliphatic heterocycles. The Kier molecular flexibility index (Phi) is 5.01. The fourth-order valence-corrected chi connectivity index (χ4v) is 4.95. The Bertz CT molecular complexity index is 1150. The minimum atomic E-state index is -0.589. The largest absolute Gasteiger partial charge is 0.489 e. The summed E-state index contributed by atoms with van der Waals surface area (Å²) in [5, 5.41) is 3.32. The number of hydrogen-bond donors (Lipinski definition) is 1. The molecule has 0 aliphatic carbocycles. The molecule has 1 fully saturated rings. The lowest BCUT2D eigenvalue weighted by Crippen LogP contribution is -2.68. The number of carbonyl (C=O) groups excluding carboxylic acids is 1. The van der Waals surface area contributed by atoms with Crippen molar-refractivity contribution in [1.82, 2.24) is 5.32 Å². The molecule has 0 bridgehead atoms. The van der Waals surface area contributed by atoms with Crippen molar-refractivity contribution in [1.29, 1.82) is 0 Å². The average Bonchev–Trinajstić information content (AvgIpc) is 3.01. The molecule has 5 rings (SSSR count). The van der Waals surface area contributed by atoms with Crippen molar-refractivity contribution in [3.63, 3.8) is 0 Å². The van der Waals surface area contributed by atoms with Gasteiger partial charge in [0.05, 0.1) is 0 Å². The van der Waals surface area contributed by atoms with Crippen LogP contribution in [-0.2, 0) is 16.8 Å². The van der Waals surface area contributed by atoms with Crippen molar-refractivity contribution in [2.45, 2.75) is 38.0 Å². The minimum Gasteiger partial charge on any atom is -0.489 e. The normalized spacial score (nSPS) is 21.2. The van der Waals surface area contributed by atoms with Crippen LogP contribution in [0.3, 0.4) is 0 Å². The molecule has 162 valence electrons. The number of anilines is 1. The first-order valence-electron chi connectivity index (χ1n) is 11.1. The van der Waals surface area contributed by atoms with Crippen LogP contribution in [0.5, 0.6) is 5.75 Å². The van der Waals surface area contributed by atoms with Crippen LogP contribution in [0, 0.1) is 0 Å². The number of nitrogens with one attached hydrogen (secondary N) is 1. The monoisotopic (exact) mass is 424 g/mol. The highest BCUT2D eigenvalue weighted by molar-refractivity contribution is 5.84. The lowest BCUT2D eigenvalue weighted by molar-refractivity contribution is -0.124. The molecule has 3 aromatic carbocycles. The number of para-hydroxylation sites is 1. The van der Waals surface area contributed by atoms with E-state index in [1.54, 1.807) is 0 Å². The molecular weight excluding hydrogens is 396 g/mol. The van der Waals surface area contributed by atoms with Crippen LogP contribution in [0.2, 0.25) is 0 Å². The maximum absolute atomic E-state index is 12.5. The van der Waals surface area contributed by atoms with Crippen LogP contribution in [0.1, 0.15) is 37.0 Å². The first-order chi connectivity index (χ1) is 15.5. The third-order valence-corrected chi connectivity index (χ3v) is 6.78. The Morgan fingerprint density at radius 3 is 2.47 bits per heavy atom. The summed E-state index contributed by atoms with van der Waals surface area (Å²) < 4.78 is 5.91. The molecule has 3 aromatic rings. The summed E-state index contributed by atoms with van der Waals surface area (Å²) in [7, 11) is 0. The van der Waals surface area contributed by atoms with Gasteiger partial charge in [0.25, 0.3) is 0 Å². The molecule has 1 atom stereocenters. The van der Waals surface area contributed by atoms with Gasteiger partial charge in [0.1, 0.15) is 18.0 Å². The molecule has 0 aromatic heterocycles. The van der Waals surface area contributed by atoms with Crippen molar-refractivity contribution in [3.8, 4) is 5.75 Å². The lowest BCUT2D eigenvalue weighted by atomic mass is 9.74. The first kappa shape index (κ1) is 20.4. The molecule has 1 N–H and O–H groups in total. The second-order valence-electron chi connectivity index (χ2n) is 9.03. The van der Waals surface area contributed by atoms with Crippen LogP contribution in [0.15, 0.2) is 84.9 Å². The number of rotatable bonds is 5. The highest BCUT2D eigenvalue weighted by atomic mass is 16.5. The summed E-state index contributed by atoms with van der Waals surface area (Å²) in [5.41, 5.74) is 3.82. The van der Waals surface area contributed by atoms with Crippen molar-refractivity contribution in [2.24, 2.45) is 0 Å². The number of amides is 1. The van der Waals surface area contributed by atoms with Gasteiger partial charge in [0.15, 0.2) is 0 Å². The summed E-state index contributed by atoms with van der Waals surface area (Å²) in [6.45, 7) is 5.68. The van der Waals surface area contributed by atoms with E-state index in [4.69, 9.17) is 4.74 Å². The number of nitrogens with zero attached hydrogens (tertiary/aromatic N) is 1. The molecule has 0 radical (unpaired) electrons. The van der Waals surface area contributed by atoms with Gasteiger partial charge in [-0.3, -0.25) is 4.79 Å². The van der Waals surface area contributed by atoms with Crippen molar-refractivity contribution in [3.05, 3.63) is 102 Å². The van der Waals surface area contributed by atoms with Crippen LogP contribution < -0.4 is 15.0 Å². The SMILES string of the molecule is CC1(C)c2ccccc2N2CCC(=O)N[C@@]21/C=C/c1ccc(OCc2ccccc2)cc1. The first-order valence-corrected chi connectivity index (χ1v) is 11.1. The molecule has 2 heterocycles. The predicted octanol–water partition coefficient (Wildman–Crippen LogP) is 5.29. The zero-order valence-corrected chi connectivity index (χ0v) is 18.5. The molecule has 1 saturated heterocycles. The zero-order valence-electron chi connectivity index (χ0n) is 18.5. The van der Waals surface area contributed by atoms with Gasteiger partial charge >= 0.3 is 0 Å². The van der Waals surface area contributed by atoms with E-state index in [9.17, 15) is 4.79 Å². The third-order valence-electron chi connectivity index (χ3n) is 6.78. The van der Waals surface area contributed by atoms with Crippen molar-refractivity contribution < 1.29 is 9.53 Å². The Balaban J connectivity index is 1.39. The van der Waals surface area contributed by atoms with Crippen LogP contribution in [-0.4, -0.2) is 18.1 Å². The van der Waals surface area contributed by atoms with Crippen LogP contribution in [0.25, 0.3) is 6.08 Å². The van der Waals surface area contributed by atoms with E-state index in [0.717, 1.165) is 16.9 Å². The smallest absolute Gasteiger partial charge is 0.223 e. The quantitative estimate of drug-likeness (QED) is 0.605. The molecule has 4 heteroatoms. The van der Waals surface area contributed by atoms with Gasteiger partial charge in [-0.05, 0) is 41.0 Å². The number of ether oxygens (including phenoxy) is 1. The number of hydrogen-bond acceptors (Lipinski definition) is 3. The van der Waals surface area contributed by atoms with Gasteiger partial charge in [-0.25, -0.2) is 0 Å². The summed E-state index contributed by atoms with van der Waals surface area (Å²) in [6.07, 6.45) is 4.77. The van der Waals surface area contributed by atoms with E-state index < -0.39 is 5.66 Å². The van der Waals surface area contributed by atoms with E-state index in [1.807, 2.05) is 30.3 Å². The van der Waals surface area contributed by atoms with Gasteiger partial charge < -0.3 is 15.0 Å². The lowest BCUT2D eigenvalue weighted by Gasteiger charge is -2.49. The second-order valence-corrected chi connectivity index (χ2v) is 9.03. The van der Waals surface area contributed by atoms with E-state index in [1.165, 1.54) is 11.3 Å². The van der Waals surface area contributed by atoms with Crippen LogP contribution >= 0.6 is 0 Å². The molecule has 4 nitrogen and oxygen atoms in total. The highest BCUT2D eigenvalue weighted by Crippen LogP contribution is 2.52. The van der Waals surface area contributed by atoms with Crippen molar-refractivity contribution >= 4 is 17.7 Å². The van der Waals surface area contributed by atoms with Gasteiger partial charge in [-0.15, -0.1) is 0 Å². The Morgan fingerprint density at radius 2 is 1.69 bits per heavy atom. The van der Waals surface area contributed by atoms with Gasteiger partial charge in [-0.1, -0.05) is 80.6 Å². The molecule has 0 saturated carbocycles. The zero-order chi connectivity index (χ0) is 22.2. The second kappa shape index (κ2) is 7.86. The molecular formula is C28H28N2O2. The molecule has 2 aliphatic rings. The molecule has 1 amide bonds. The predicted molar refractivity (Wildman–Crippen MR) is 129 cm³/mol. The Hall–Kier alpha value is -3.53. The Morgan fingerprint density at radius 1 is 0.969 bits per heavy atom. The number of fused-ring (bicyclic) bond motifs is 3. The fourth-order valence-electron chi connectivity index (χ4n) is 4.95. The Labute approximate surface area is 189 Å². The topological polar surface area (TPSA) is 41.6 Å². The number of benzene rings is 3. The minimum absolute atomic E-state index is 0.0939. The standard InChI is InChI=1S/C28H28N2O2/c1-27(2)24-10-6-7-11-25(24)30-19-17-26(31)29-28(27,30)18-16-21-12-14-23(15-13-21)32-20-22-8-4-3-5-9-22/h3-16,18H,17,19-20H2,1-2H3,(H,29,31)/b18-16+/t28-/m0/s1. The van der Waals surface area contributed by atoms with E-state index in [2.05, 4.69) is 84.7 Å². The summed E-state index contributed by atoms with van der Waals surface area (Å²) in [5.74, 6) is 0.932. The third kappa shape index (κ3) is 3.36. The van der Waals surface area contributed by atoms with E-state index in [0.29, 0.717) is 19.6 Å². The highest BCUT2D eigenvalue weighted by Gasteiger charge is 2.57. The van der Waals surface area contributed by atoms with E-state index in [-0.39, 0.29) is 11.3 Å². The van der Waals surface area contributed by atoms with Gasteiger partial charge in [-0.2, -0.15) is 0 Å². The summed E-state index contributed by atoms with van der Waals surface area (Å²) in [6, 6.07) is 26.7. The molecule has 32 heavy (non-hydrogen) atoms. The van der Waals surface area contributed by atoms with E-state index >= 15 is 0 Å². The van der Waals surface area contributed by atoms with Gasteiger partial charge in [0.2, 0.25) is 5.91 Å². The molecule has 0 spiro atoms. The maximum atomic E-state index is 12.5. The number of carbonyl (C=O) groups is 1. The summed E-state index contributed by atoms with van der Waals surface area (Å²) >= 11 is 0. The van der Waals surface area contributed by atoms with Gasteiger partial charge in [0, 0.05) is 24.1 Å². The fraction of sp³-hybridized carbons (Fsp3) is 0.250. The van der Waals surface area contributed by atoms with Crippen molar-refractivity contribution in [2.75, 3.05) is 11.4 Å². The molecule has 0 unspecified atom stereocenters. The summed E-state index contributed by atoms with van der Waals surface area (Å²) in [4.78, 5) is 14.9.